The van der Waals surface area contributed by atoms with Crippen molar-refractivity contribution in [3.63, 3.8) is 0 Å². The summed E-state index contributed by atoms with van der Waals surface area (Å²) >= 11 is 0. The van der Waals surface area contributed by atoms with Crippen molar-refractivity contribution in [2.45, 2.75) is 32.6 Å². The fourth-order valence-electron chi connectivity index (χ4n) is 1.33. The van der Waals surface area contributed by atoms with Crippen molar-refractivity contribution in [2.75, 3.05) is 13.2 Å². The predicted molar refractivity (Wildman–Crippen MR) is 57.9 cm³/mol. The molecule has 7 nitrogen and oxygen atoms in total. The van der Waals surface area contributed by atoms with Gasteiger partial charge in [-0.1, -0.05) is 0 Å². The smallest absolute Gasteiger partial charge is 0.333 e. The van der Waals surface area contributed by atoms with Gasteiger partial charge in [0, 0.05) is 25.9 Å². The number of hydrogen-bond acceptors (Lipinski definition) is 6. The Hall–Kier alpha value is -1.76. The third kappa shape index (κ3) is 4.25. The summed E-state index contributed by atoms with van der Waals surface area (Å²) in [4.78, 5) is 49.4. The van der Waals surface area contributed by atoms with Crippen LogP contribution in [-0.4, -0.2) is 41.8 Å². The highest BCUT2D eigenvalue weighted by atomic mass is 16.7. The average Bonchev–Trinajstić information content (AvgIpc) is 2.65. The zero-order chi connectivity index (χ0) is 13.5. The second-order valence-corrected chi connectivity index (χ2v) is 3.72. The van der Waals surface area contributed by atoms with Crippen molar-refractivity contribution < 1.29 is 28.8 Å². The van der Waals surface area contributed by atoms with E-state index in [9.17, 15) is 19.2 Å². The lowest BCUT2D eigenvalue weighted by Crippen LogP contribution is -2.32. The van der Waals surface area contributed by atoms with E-state index in [4.69, 9.17) is 4.74 Å². The van der Waals surface area contributed by atoms with E-state index >= 15 is 0 Å². The van der Waals surface area contributed by atoms with Gasteiger partial charge in [-0.2, -0.15) is 0 Å². The first-order valence-electron chi connectivity index (χ1n) is 5.70. The Balaban J connectivity index is 2.27. The molecule has 2 amide bonds. The summed E-state index contributed by atoms with van der Waals surface area (Å²) in [5.74, 6) is -2.07. The van der Waals surface area contributed by atoms with Crippen LogP contribution in [0.4, 0.5) is 0 Å². The summed E-state index contributed by atoms with van der Waals surface area (Å²) < 4.78 is 4.87. The van der Waals surface area contributed by atoms with Gasteiger partial charge in [-0.15, -0.1) is 5.06 Å². The van der Waals surface area contributed by atoms with E-state index in [1.54, 1.807) is 6.92 Å². The van der Waals surface area contributed by atoms with Crippen LogP contribution in [0.3, 0.4) is 0 Å². The van der Waals surface area contributed by atoms with E-state index in [0.29, 0.717) is 11.7 Å². The minimum atomic E-state index is -0.775. The molecule has 7 heteroatoms. The minimum Gasteiger partial charge on any atom is -0.374 e. The third-order valence-electron chi connectivity index (χ3n) is 2.27. The van der Waals surface area contributed by atoms with Crippen LogP contribution in [0.25, 0.3) is 0 Å². The molecule has 18 heavy (non-hydrogen) atoms. The van der Waals surface area contributed by atoms with Gasteiger partial charge in [0.05, 0.1) is 6.42 Å². The number of rotatable bonds is 7. The molecule has 1 aliphatic rings. The number of ether oxygens (including phenoxy) is 1. The lowest BCUT2D eigenvalue weighted by Gasteiger charge is -2.12. The molecule has 0 aromatic heterocycles. The van der Waals surface area contributed by atoms with Crippen molar-refractivity contribution in [3.8, 4) is 0 Å². The highest BCUT2D eigenvalue weighted by Gasteiger charge is 2.32. The van der Waals surface area contributed by atoms with Crippen molar-refractivity contribution >= 4 is 23.6 Å². The second kappa shape index (κ2) is 6.85. The minimum absolute atomic E-state index is 0.0327. The van der Waals surface area contributed by atoms with Crippen LogP contribution in [0.5, 0.6) is 0 Å². The summed E-state index contributed by atoms with van der Waals surface area (Å²) in [6.07, 6.45) is -0.108. The van der Waals surface area contributed by atoms with Crippen molar-refractivity contribution in [1.82, 2.24) is 5.06 Å². The molecule has 1 saturated heterocycles. The number of Topliss-reactive ketones (excluding diaryl/α,β-unsaturated/α-hetero) is 1. The van der Waals surface area contributed by atoms with Gasteiger partial charge in [0.15, 0.2) is 5.78 Å². The van der Waals surface area contributed by atoms with Crippen LogP contribution in [-0.2, 0) is 28.8 Å². The maximum atomic E-state index is 11.3. The second-order valence-electron chi connectivity index (χ2n) is 3.72. The van der Waals surface area contributed by atoms with Crippen LogP contribution in [0.1, 0.15) is 32.6 Å². The van der Waals surface area contributed by atoms with Crippen LogP contribution < -0.4 is 0 Å². The van der Waals surface area contributed by atoms with E-state index in [-0.39, 0.29) is 38.1 Å². The standard InChI is InChI=1S/C11H15NO6/c1-2-17-7-8(13)3-6-11(16)18-12-9(14)4-5-10(12)15/h2-7H2,1H3. The Morgan fingerprint density at radius 2 is 1.78 bits per heavy atom. The number of hydroxylamine groups is 2. The molecule has 0 radical (unpaired) electrons. The molecule has 0 N–H and O–H groups in total. The maximum absolute atomic E-state index is 11.3. The van der Waals surface area contributed by atoms with Gasteiger partial charge >= 0.3 is 5.97 Å². The number of carbonyl (C=O) groups excluding carboxylic acids is 4. The lowest BCUT2D eigenvalue weighted by atomic mass is 10.2. The average molecular weight is 257 g/mol. The normalized spacial score (nSPS) is 15.1. The molecule has 1 rings (SSSR count). The number of ketones is 1. The van der Waals surface area contributed by atoms with E-state index < -0.39 is 17.8 Å². The highest BCUT2D eigenvalue weighted by Crippen LogP contribution is 2.12. The molecular weight excluding hydrogens is 242 g/mol. The number of nitrogens with zero attached hydrogens (tertiary/aromatic N) is 1. The molecule has 0 aliphatic carbocycles. The van der Waals surface area contributed by atoms with E-state index in [2.05, 4.69) is 4.84 Å². The van der Waals surface area contributed by atoms with Crippen LogP contribution in [0, 0.1) is 0 Å². The van der Waals surface area contributed by atoms with Gasteiger partial charge in [-0.25, -0.2) is 4.79 Å². The molecule has 0 atom stereocenters. The summed E-state index contributed by atoms with van der Waals surface area (Å²) in [6.45, 7) is 2.13. The SMILES string of the molecule is CCOCC(=O)CCC(=O)ON1C(=O)CCC1=O. The number of imide groups is 1. The molecule has 1 fully saturated rings. The quantitative estimate of drug-likeness (QED) is 0.595. The number of amides is 2. The summed E-state index contributed by atoms with van der Waals surface area (Å²) in [5.41, 5.74) is 0. The molecule has 0 aromatic rings. The van der Waals surface area contributed by atoms with Gasteiger partial charge in [0.1, 0.15) is 6.61 Å². The Morgan fingerprint density at radius 1 is 1.17 bits per heavy atom. The van der Waals surface area contributed by atoms with E-state index in [1.807, 2.05) is 0 Å². The Labute approximate surface area is 104 Å². The monoisotopic (exact) mass is 257 g/mol. The topological polar surface area (TPSA) is 90.0 Å². The third-order valence-corrected chi connectivity index (χ3v) is 2.27. The Bertz CT molecular complexity index is 349. The molecule has 0 unspecified atom stereocenters. The van der Waals surface area contributed by atoms with Crippen molar-refractivity contribution in [2.24, 2.45) is 0 Å². The first kappa shape index (κ1) is 14.3. The fraction of sp³-hybridized carbons (Fsp3) is 0.636. The maximum Gasteiger partial charge on any atom is 0.333 e. The van der Waals surface area contributed by atoms with E-state index in [1.165, 1.54) is 0 Å². The molecule has 100 valence electrons. The molecular formula is C11H15NO6. The molecule has 1 heterocycles. The Morgan fingerprint density at radius 3 is 2.33 bits per heavy atom. The largest absolute Gasteiger partial charge is 0.374 e. The summed E-state index contributed by atoms with van der Waals surface area (Å²) in [5, 5.41) is 0.468. The van der Waals surface area contributed by atoms with Gasteiger partial charge in [-0.3, -0.25) is 14.4 Å². The zero-order valence-electron chi connectivity index (χ0n) is 10.1. The first-order chi connectivity index (χ1) is 8.54. The fourth-order valence-corrected chi connectivity index (χ4v) is 1.33. The van der Waals surface area contributed by atoms with Gasteiger partial charge < -0.3 is 9.57 Å². The van der Waals surface area contributed by atoms with Crippen LogP contribution >= 0.6 is 0 Å². The molecule has 0 spiro atoms. The molecule has 0 bridgehead atoms. The van der Waals surface area contributed by atoms with Gasteiger partial charge in [0.2, 0.25) is 0 Å². The Kier molecular flexibility index (Phi) is 5.44. The van der Waals surface area contributed by atoms with Gasteiger partial charge in [0.25, 0.3) is 11.8 Å². The van der Waals surface area contributed by atoms with Crippen LogP contribution in [0.15, 0.2) is 0 Å². The van der Waals surface area contributed by atoms with Gasteiger partial charge in [-0.05, 0) is 6.92 Å². The number of hydrogen-bond donors (Lipinski definition) is 0. The summed E-state index contributed by atoms with van der Waals surface area (Å²) in [7, 11) is 0. The molecule has 0 aromatic carbocycles. The van der Waals surface area contributed by atoms with E-state index in [0.717, 1.165) is 0 Å². The summed E-state index contributed by atoms with van der Waals surface area (Å²) in [6, 6.07) is 0. The highest BCUT2D eigenvalue weighted by molar-refractivity contribution is 6.01. The molecule has 0 saturated carbocycles. The first-order valence-corrected chi connectivity index (χ1v) is 5.70. The van der Waals surface area contributed by atoms with Crippen molar-refractivity contribution in [1.29, 1.82) is 0 Å². The van der Waals surface area contributed by atoms with Crippen molar-refractivity contribution in [3.05, 3.63) is 0 Å². The zero-order valence-corrected chi connectivity index (χ0v) is 10.1. The lowest BCUT2D eigenvalue weighted by molar-refractivity contribution is -0.197. The number of carbonyl (C=O) groups is 4. The van der Waals surface area contributed by atoms with Crippen LogP contribution in [0.2, 0.25) is 0 Å². The predicted octanol–water partition coefficient (Wildman–Crippen LogP) is -0.0206. The molecule has 1 aliphatic heterocycles.